The summed E-state index contributed by atoms with van der Waals surface area (Å²) in [7, 11) is 3.16. The molecule has 1 fully saturated rings. The molecule has 1 saturated heterocycles. The Balaban J connectivity index is 0.000000444. The minimum atomic E-state index is -0.203. The zero-order valence-electron chi connectivity index (χ0n) is 28.3. The predicted octanol–water partition coefficient (Wildman–Crippen LogP) is 5.68. The van der Waals surface area contributed by atoms with Crippen molar-refractivity contribution in [3.63, 3.8) is 0 Å². The Morgan fingerprint density at radius 2 is 1.98 bits per heavy atom. The van der Waals surface area contributed by atoms with Crippen molar-refractivity contribution < 1.29 is 19.1 Å². The Bertz CT molecular complexity index is 1250. The van der Waals surface area contributed by atoms with Gasteiger partial charge >= 0.3 is 6.09 Å². The smallest absolute Gasteiger partial charge is 0.409 e. The third-order valence-electron chi connectivity index (χ3n) is 7.17. The maximum absolute atomic E-state index is 12.6. The summed E-state index contributed by atoms with van der Waals surface area (Å²) < 4.78 is 10.2. The maximum atomic E-state index is 12.6. The van der Waals surface area contributed by atoms with Crippen molar-refractivity contribution in [1.29, 1.82) is 0 Å². The van der Waals surface area contributed by atoms with E-state index >= 15 is 0 Å². The zero-order chi connectivity index (χ0) is 34.0. The summed E-state index contributed by atoms with van der Waals surface area (Å²) in [4.78, 5) is 31.7. The number of fused-ring (bicyclic) bond motifs is 1. The number of nitrogens with one attached hydrogen (secondary N) is 2. The summed E-state index contributed by atoms with van der Waals surface area (Å²) in [5.74, 6) is -0.131. The van der Waals surface area contributed by atoms with E-state index in [4.69, 9.17) is 22.1 Å². The number of aliphatic imine (C=N–C) groups is 1. The molecule has 254 valence electrons. The minimum Gasteiger partial charge on any atom is -0.449 e. The number of benzene rings is 1. The normalized spacial score (nSPS) is 19.0. The van der Waals surface area contributed by atoms with Crippen molar-refractivity contribution in [2.24, 2.45) is 16.1 Å². The molecule has 2 unspecified atom stereocenters. The Morgan fingerprint density at radius 3 is 2.67 bits per heavy atom. The standard InChI is InChI=1S/C26H36ClN3O2.C9H17N3O2/c1-26(2,3)19-32-25(31)30-14-6-13-29(15-16-30)24-17-20(7-4-5-12-28)8-9-21-18-22(27)10-11-23(21)24;1-8(4-5-11-7-10-2)12-9(13)6-14-3/h5,7-12,18,24H,4,6,13-17,19,28H2,1-3H3;4-5,7-8H,6H2,1-3H3,(H,10,11)(H,12,13)/b12-5-,20-7-;5-4+. The number of halogens is 1. The molecular weight excluding hydrogens is 604 g/mol. The van der Waals surface area contributed by atoms with E-state index in [1.54, 1.807) is 25.8 Å². The van der Waals surface area contributed by atoms with Crippen LogP contribution in [0.15, 0.2) is 65.5 Å². The van der Waals surface area contributed by atoms with Gasteiger partial charge < -0.3 is 30.7 Å². The van der Waals surface area contributed by atoms with Crippen LogP contribution in [-0.2, 0) is 14.3 Å². The molecule has 10 nitrogen and oxygen atoms in total. The number of nitrogens with two attached hydrogens (primary N) is 1. The highest BCUT2D eigenvalue weighted by atomic mass is 35.5. The Labute approximate surface area is 280 Å². The van der Waals surface area contributed by atoms with Gasteiger partial charge in [-0.3, -0.25) is 14.7 Å². The third kappa shape index (κ3) is 14.7. The number of hydrogen-bond acceptors (Lipinski definition) is 7. The first-order valence-corrected chi connectivity index (χ1v) is 16.2. The number of carbonyl (C=O) groups is 2. The highest BCUT2D eigenvalue weighted by Crippen LogP contribution is 2.36. The number of rotatable bonds is 10. The van der Waals surface area contributed by atoms with Crippen molar-refractivity contribution in [2.45, 2.75) is 59.0 Å². The van der Waals surface area contributed by atoms with Gasteiger partial charge in [0.05, 0.1) is 12.9 Å². The monoisotopic (exact) mass is 656 g/mol. The molecule has 46 heavy (non-hydrogen) atoms. The van der Waals surface area contributed by atoms with Gasteiger partial charge in [0.2, 0.25) is 5.91 Å². The van der Waals surface area contributed by atoms with Gasteiger partial charge in [-0.25, -0.2) is 4.79 Å². The topological polar surface area (TPSA) is 122 Å². The Kier molecular flexibility index (Phi) is 17.2. The molecule has 0 saturated carbocycles. The lowest BCUT2D eigenvalue weighted by atomic mass is 9.96. The average Bonchev–Trinajstić information content (AvgIpc) is 3.35. The first kappa shape index (κ1) is 38.6. The molecule has 0 aromatic heterocycles. The molecule has 2 amide bonds. The van der Waals surface area contributed by atoms with Crippen LogP contribution in [0.2, 0.25) is 5.02 Å². The van der Waals surface area contributed by atoms with Crippen molar-refractivity contribution in [3.8, 4) is 0 Å². The van der Waals surface area contributed by atoms with Crippen LogP contribution in [0.25, 0.3) is 6.08 Å². The van der Waals surface area contributed by atoms with Crippen LogP contribution >= 0.6 is 11.6 Å². The second-order valence-electron chi connectivity index (χ2n) is 12.5. The molecule has 11 heteroatoms. The van der Waals surface area contributed by atoms with Crippen LogP contribution in [0.1, 0.15) is 64.1 Å². The molecular formula is C35H53ClN6O4. The molecule has 3 rings (SSSR count). The van der Waals surface area contributed by atoms with Crippen molar-refractivity contribution >= 4 is 36.0 Å². The third-order valence-corrected chi connectivity index (χ3v) is 7.41. The van der Waals surface area contributed by atoms with Gasteiger partial charge in [0.15, 0.2) is 0 Å². The van der Waals surface area contributed by atoms with Crippen LogP contribution < -0.4 is 16.4 Å². The SMILES string of the molecule is CC(C)(C)COC(=O)N1CCCN(C2C/C(=C\C/C=C\N)C=Cc3cc(Cl)ccc32)CC1.CN=CN/C=C/C(C)NC(=O)COC. The zero-order valence-corrected chi connectivity index (χ0v) is 29.1. The van der Waals surface area contributed by atoms with Crippen molar-refractivity contribution in [3.05, 3.63) is 76.6 Å². The predicted molar refractivity (Wildman–Crippen MR) is 189 cm³/mol. The second-order valence-corrected chi connectivity index (χ2v) is 12.9. The fourth-order valence-electron chi connectivity index (χ4n) is 4.96. The largest absolute Gasteiger partial charge is 0.449 e. The summed E-state index contributed by atoms with van der Waals surface area (Å²) >= 11 is 6.30. The number of ether oxygens (including phenoxy) is 2. The number of methoxy groups -OCH3 is 1. The lowest BCUT2D eigenvalue weighted by Gasteiger charge is -2.32. The van der Waals surface area contributed by atoms with Gasteiger partial charge in [0.25, 0.3) is 0 Å². The summed E-state index contributed by atoms with van der Waals surface area (Å²) in [5.41, 5.74) is 9.20. The van der Waals surface area contributed by atoms with E-state index in [-0.39, 0.29) is 36.1 Å². The van der Waals surface area contributed by atoms with Gasteiger partial charge in [-0.15, -0.1) is 0 Å². The maximum Gasteiger partial charge on any atom is 0.409 e. The van der Waals surface area contributed by atoms with Crippen LogP contribution in [0.3, 0.4) is 0 Å². The molecule has 2 atom stereocenters. The lowest BCUT2D eigenvalue weighted by Crippen LogP contribution is -2.37. The minimum absolute atomic E-state index is 0.0320. The van der Waals surface area contributed by atoms with Gasteiger partial charge in [-0.1, -0.05) is 62.7 Å². The van der Waals surface area contributed by atoms with E-state index < -0.39 is 0 Å². The first-order valence-electron chi connectivity index (χ1n) is 15.8. The van der Waals surface area contributed by atoms with Crippen molar-refractivity contribution in [1.82, 2.24) is 20.4 Å². The number of amides is 2. The second kappa shape index (κ2) is 20.5. The Morgan fingerprint density at radius 1 is 1.20 bits per heavy atom. The van der Waals surface area contributed by atoms with E-state index in [0.29, 0.717) is 13.2 Å². The number of nitrogens with zero attached hydrogens (tertiary/aromatic N) is 3. The van der Waals surface area contributed by atoms with Gasteiger partial charge in [-0.05, 0) is 78.9 Å². The molecule has 1 aromatic carbocycles. The molecule has 4 N–H and O–H groups in total. The molecule has 1 aliphatic heterocycles. The van der Waals surface area contributed by atoms with Gasteiger partial charge in [0.1, 0.15) is 6.61 Å². The summed E-state index contributed by atoms with van der Waals surface area (Å²) in [6, 6.07) is 6.36. The number of allylic oxidation sites excluding steroid dienone is 3. The summed E-state index contributed by atoms with van der Waals surface area (Å²) in [6.07, 6.45) is 17.7. The summed E-state index contributed by atoms with van der Waals surface area (Å²) in [5, 5.41) is 6.28. The van der Waals surface area contributed by atoms with Crippen molar-refractivity contribution in [2.75, 3.05) is 53.6 Å². The first-order chi connectivity index (χ1) is 22.0. The fraction of sp³-hybridized carbons (Fsp3) is 0.514. The highest BCUT2D eigenvalue weighted by molar-refractivity contribution is 6.30. The van der Waals surface area contributed by atoms with Gasteiger partial charge in [-0.2, -0.15) is 0 Å². The van der Waals surface area contributed by atoms with E-state index in [0.717, 1.165) is 49.5 Å². The lowest BCUT2D eigenvalue weighted by molar-refractivity contribution is -0.125. The van der Waals surface area contributed by atoms with E-state index in [2.05, 4.69) is 70.3 Å². The number of carbonyl (C=O) groups excluding carboxylic acids is 2. The molecule has 2 aliphatic rings. The fourth-order valence-corrected chi connectivity index (χ4v) is 5.14. The molecule has 0 radical (unpaired) electrons. The highest BCUT2D eigenvalue weighted by Gasteiger charge is 2.29. The number of hydrogen-bond donors (Lipinski definition) is 3. The van der Waals surface area contributed by atoms with E-state index in [9.17, 15) is 9.59 Å². The van der Waals surface area contributed by atoms with E-state index in [1.807, 2.05) is 36.1 Å². The molecule has 1 aliphatic carbocycles. The molecule has 0 bridgehead atoms. The van der Waals surface area contributed by atoms with Crippen LogP contribution in [0, 0.1) is 5.41 Å². The molecule has 1 aromatic rings. The van der Waals surface area contributed by atoms with Gasteiger partial charge in [0, 0.05) is 57.4 Å². The summed E-state index contributed by atoms with van der Waals surface area (Å²) in [6.45, 7) is 11.7. The Hall–Kier alpha value is -3.60. The van der Waals surface area contributed by atoms with Crippen LogP contribution in [0.5, 0.6) is 0 Å². The van der Waals surface area contributed by atoms with E-state index in [1.165, 1.54) is 18.2 Å². The molecule has 1 heterocycles. The average molecular weight is 657 g/mol. The van der Waals surface area contributed by atoms with Crippen LogP contribution in [0.4, 0.5) is 4.79 Å². The van der Waals surface area contributed by atoms with Crippen LogP contribution in [-0.4, -0.2) is 87.7 Å². The quantitative estimate of drug-likeness (QED) is 0.219. The molecule has 0 spiro atoms.